The SMILES string of the molecule is O=C(c1ccc2n[nH]nc2c1)N1CCO[C@H](CCCc2ccccc2)C1. The Morgan fingerprint density at radius 3 is 2.88 bits per heavy atom. The highest BCUT2D eigenvalue weighted by molar-refractivity contribution is 5.97. The van der Waals surface area contributed by atoms with Gasteiger partial charge in [-0.1, -0.05) is 30.3 Å². The van der Waals surface area contributed by atoms with Crippen LogP contribution < -0.4 is 0 Å². The third kappa shape index (κ3) is 3.75. The molecule has 1 N–H and O–H groups in total. The van der Waals surface area contributed by atoms with Crippen molar-refractivity contribution in [2.24, 2.45) is 0 Å². The van der Waals surface area contributed by atoms with Gasteiger partial charge in [-0.05, 0) is 43.0 Å². The Morgan fingerprint density at radius 2 is 2.00 bits per heavy atom. The van der Waals surface area contributed by atoms with E-state index in [1.807, 2.05) is 23.1 Å². The van der Waals surface area contributed by atoms with Crippen molar-refractivity contribution in [1.82, 2.24) is 20.3 Å². The molecule has 134 valence electrons. The molecule has 6 heteroatoms. The van der Waals surface area contributed by atoms with Gasteiger partial charge in [-0.2, -0.15) is 15.4 Å². The smallest absolute Gasteiger partial charge is 0.254 e. The first-order valence-electron chi connectivity index (χ1n) is 9.05. The second-order valence-electron chi connectivity index (χ2n) is 6.65. The fraction of sp³-hybridized carbons (Fsp3) is 0.350. The van der Waals surface area contributed by atoms with Gasteiger partial charge in [-0.15, -0.1) is 0 Å². The topological polar surface area (TPSA) is 71.1 Å². The Hall–Kier alpha value is -2.73. The highest BCUT2D eigenvalue weighted by Crippen LogP contribution is 2.17. The number of carbonyl (C=O) groups excluding carboxylic acids is 1. The zero-order chi connectivity index (χ0) is 17.8. The van der Waals surface area contributed by atoms with Crippen LogP contribution in [0.15, 0.2) is 48.5 Å². The van der Waals surface area contributed by atoms with Crippen LogP contribution in [0.4, 0.5) is 0 Å². The molecule has 3 aromatic rings. The summed E-state index contributed by atoms with van der Waals surface area (Å²) in [4.78, 5) is 14.7. The molecule has 2 heterocycles. The lowest BCUT2D eigenvalue weighted by Crippen LogP contribution is -2.45. The molecule has 1 aliphatic rings. The largest absolute Gasteiger partial charge is 0.375 e. The molecule has 0 bridgehead atoms. The number of nitrogens with zero attached hydrogens (tertiary/aromatic N) is 3. The first-order chi connectivity index (χ1) is 12.8. The Balaban J connectivity index is 1.34. The van der Waals surface area contributed by atoms with Gasteiger partial charge in [-0.3, -0.25) is 4.79 Å². The summed E-state index contributed by atoms with van der Waals surface area (Å²) in [5.74, 6) is 0.0336. The summed E-state index contributed by atoms with van der Waals surface area (Å²) < 4.78 is 5.87. The van der Waals surface area contributed by atoms with E-state index in [-0.39, 0.29) is 12.0 Å². The number of rotatable bonds is 5. The van der Waals surface area contributed by atoms with E-state index < -0.39 is 0 Å². The van der Waals surface area contributed by atoms with Crippen LogP contribution in [-0.2, 0) is 11.2 Å². The van der Waals surface area contributed by atoms with Crippen LogP contribution in [0.3, 0.4) is 0 Å². The molecule has 1 aromatic heterocycles. The van der Waals surface area contributed by atoms with E-state index in [0.29, 0.717) is 30.8 Å². The van der Waals surface area contributed by atoms with Crippen molar-refractivity contribution in [3.63, 3.8) is 0 Å². The Bertz CT molecular complexity index is 878. The van der Waals surface area contributed by atoms with Crippen molar-refractivity contribution in [2.45, 2.75) is 25.4 Å². The number of morpholine rings is 1. The van der Waals surface area contributed by atoms with Crippen molar-refractivity contribution < 1.29 is 9.53 Å². The second kappa shape index (κ2) is 7.66. The Kier molecular flexibility index (Phi) is 4.93. The second-order valence-corrected chi connectivity index (χ2v) is 6.65. The summed E-state index contributed by atoms with van der Waals surface area (Å²) in [6.07, 6.45) is 3.16. The zero-order valence-corrected chi connectivity index (χ0v) is 14.6. The van der Waals surface area contributed by atoms with Crippen molar-refractivity contribution >= 4 is 16.9 Å². The van der Waals surface area contributed by atoms with Crippen molar-refractivity contribution in [3.8, 4) is 0 Å². The quantitative estimate of drug-likeness (QED) is 0.768. The molecule has 0 unspecified atom stereocenters. The van der Waals surface area contributed by atoms with Gasteiger partial charge < -0.3 is 9.64 Å². The third-order valence-corrected chi connectivity index (χ3v) is 4.82. The molecular weight excluding hydrogens is 328 g/mol. The number of aryl methyl sites for hydroxylation is 1. The van der Waals surface area contributed by atoms with E-state index >= 15 is 0 Å². The number of fused-ring (bicyclic) bond motifs is 1. The number of carbonyl (C=O) groups is 1. The monoisotopic (exact) mass is 350 g/mol. The standard InChI is InChI=1S/C20H22N4O2/c25-20(16-9-10-18-19(13-16)22-23-21-18)24-11-12-26-17(14-24)8-4-7-15-5-2-1-3-6-15/h1-3,5-6,9-10,13,17H,4,7-8,11-12,14H2,(H,21,22,23)/t17-/m1/s1. The number of benzene rings is 2. The number of aromatic amines is 1. The number of ether oxygens (including phenoxy) is 1. The number of nitrogens with one attached hydrogen (secondary N) is 1. The van der Waals surface area contributed by atoms with E-state index in [1.54, 1.807) is 6.07 Å². The number of hydrogen-bond acceptors (Lipinski definition) is 4. The van der Waals surface area contributed by atoms with Crippen LogP contribution in [0.1, 0.15) is 28.8 Å². The van der Waals surface area contributed by atoms with Gasteiger partial charge in [0.25, 0.3) is 5.91 Å². The molecule has 0 aliphatic carbocycles. The summed E-state index contributed by atoms with van der Waals surface area (Å²) in [6, 6.07) is 15.9. The summed E-state index contributed by atoms with van der Waals surface area (Å²) in [6.45, 7) is 1.86. The molecule has 2 aromatic carbocycles. The van der Waals surface area contributed by atoms with Gasteiger partial charge in [-0.25, -0.2) is 0 Å². The maximum Gasteiger partial charge on any atom is 0.254 e. The van der Waals surface area contributed by atoms with Gasteiger partial charge in [0.05, 0.1) is 12.7 Å². The first kappa shape index (κ1) is 16.7. The molecule has 0 saturated carbocycles. The number of H-pyrrole nitrogens is 1. The van der Waals surface area contributed by atoms with Crippen LogP contribution in [0, 0.1) is 0 Å². The van der Waals surface area contributed by atoms with Gasteiger partial charge in [0.2, 0.25) is 0 Å². The van der Waals surface area contributed by atoms with Gasteiger partial charge in [0.1, 0.15) is 11.0 Å². The molecule has 1 amide bonds. The minimum atomic E-state index is 0.0336. The highest BCUT2D eigenvalue weighted by Gasteiger charge is 2.25. The lowest BCUT2D eigenvalue weighted by Gasteiger charge is -2.33. The van der Waals surface area contributed by atoms with Crippen LogP contribution in [0.25, 0.3) is 11.0 Å². The number of hydrogen-bond donors (Lipinski definition) is 1. The fourth-order valence-corrected chi connectivity index (χ4v) is 3.41. The van der Waals surface area contributed by atoms with Gasteiger partial charge >= 0.3 is 0 Å². The summed E-state index contributed by atoms with van der Waals surface area (Å²) in [7, 11) is 0. The number of aromatic nitrogens is 3. The lowest BCUT2D eigenvalue weighted by molar-refractivity contribution is -0.0254. The zero-order valence-electron chi connectivity index (χ0n) is 14.6. The van der Waals surface area contributed by atoms with E-state index in [1.165, 1.54) is 5.56 Å². The van der Waals surface area contributed by atoms with Crippen LogP contribution >= 0.6 is 0 Å². The predicted molar refractivity (Wildman–Crippen MR) is 98.9 cm³/mol. The van der Waals surface area contributed by atoms with E-state index in [4.69, 9.17) is 4.74 Å². The Labute approximate surface area is 152 Å². The first-order valence-corrected chi connectivity index (χ1v) is 9.05. The maximum absolute atomic E-state index is 12.8. The van der Waals surface area contributed by atoms with Gasteiger partial charge in [0, 0.05) is 18.7 Å². The van der Waals surface area contributed by atoms with E-state index in [0.717, 1.165) is 24.8 Å². The Morgan fingerprint density at radius 1 is 1.15 bits per heavy atom. The molecule has 6 nitrogen and oxygen atoms in total. The average Bonchev–Trinajstić information content (AvgIpc) is 3.16. The third-order valence-electron chi connectivity index (χ3n) is 4.82. The average molecular weight is 350 g/mol. The predicted octanol–water partition coefficient (Wildman–Crippen LogP) is 2.82. The normalized spacial score (nSPS) is 17.5. The summed E-state index contributed by atoms with van der Waals surface area (Å²) in [5, 5.41) is 10.7. The summed E-state index contributed by atoms with van der Waals surface area (Å²) >= 11 is 0. The molecule has 1 aliphatic heterocycles. The van der Waals surface area contributed by atoms with E-state index in [9.17, 15) is 4.79 Å². The molecule has 0 spiro atoms. The molecular formula is C20H22N4O2. The number of amides is 1. The fourth-order valence-electron chi connectivity index (χ4n) is 3.41. The van der Waals surface area contributed by atoms with Crippen LogP contribution in [-0.4, -0.2) is 52.0 Å². The molecule has 0 radical (unpaired) electrons. The van der Waals surface area contributed by atoms with E-state index in [2.05, 4.69) is 39.7 Å². The minimum absolute atomic E-state index is 0.0336. The van der Waals surface area contributed by atoms with Crippen LogP contribution in [0.2, 0.25) is 0 Å². The van der Waals surface area contributed by atoms with Crippen molar-refractivity contribution in [3.05, 3.63) is 59.7 Å². The van der Waals surface area contributed by atoms with Crippen molar-refractivity contribution in [2.75, 3.05) is 19.7 Å². The maximum atomic E-state index is 12.8. The van der Waals surface area contributed by atoms with Crippen LogP contribution in [0.5, 0.6) is 0 Å². The summed E-state index contributed by atoms with van der Waals surface area (Å²) in [5.41, 5.74) is 3.47. The van der Waals surface area contributed by atoms with Crippen molar-refractivity contribution in [1.29, 1.82) is 0 Å². The molecule has 1 fully saturated rings. The van der Waals surface area contributed by atoms with Gasteiger partial charge in [0.15, 0.2) is 0 Å². The molecule has 4 rings (SSSR count). The minimum Gasteiger partial charge on any atom is -0.375 e. The molecule has 1 atom stereocenters. The highest BCUT2D eigenvalue weighted by atomic mass is 16.5. The molecule has 1 saturated heterocycles. The lowest BCUT2D eigenvalue weighted by atomic mass is 10.0. The molecule has 26 heavy (non-hydrogen) atoms.